The van der Waals surface area contributed by atoms with Gasteiger partial charge in [-0.05, 0) is 68.1 Å². The highest BCUT2D eigenvalue weighted by atomic mass is 32.2. The van der Waals surface area contributed by atoms with Crippen molar-refractivity contribution in [1.82, 2.24) is 10.2 Å². The molecule has 0 heterocycles. The van der Waals surface area contributed by atoms with Crippen molar-refractivity contribution >= 4 is 27.5 Å². The molecular formula is C32H39N3O5S. The molecule has 0 radical (unpaired) electrons. The number of sulfonamides is 1. The van der Waals surface area contributed by atoms with Crippen LogP contribution in [0, 0.1) is 6.92 Å². The van der Waals surface area contributed by atoms with Crippen LogP contribution in [0.1, 0.15) is 50.2 Å². The molecule has 1 saturated carbocycles. The van der Waals surface area contributed by atoms with Crippen LogP contribution < -0.4 is 14.4 Å². The van der Waals surface area contributed by atoms with Crippen molar-refractivity contribution in [1.29, 1.82) is 0 Å². The Bertz CT molecular complexity index is 1400. The molecule has 9 heteroatoms. The largest absolute Gasteiger partial charge is 0.497 e. The lowest BCUT2D eigenvalue weighted by molar-refractivity contribution is -0.140. The third-order valence-corrected chi connectivity index (χ3v) is 9.32. The minimum Gasteiger partial charge on any atom is -0.497 e. The number of para-hydroxylation sites is 1. The molecule has 0 saturated heterocycles. The molecule has 0 unspecified atom stereocenters. The Labute approximate surface area is 243 Å². The average molecular weight is 578 g/mol. The number of carbonyl (C=O) groups is 2. The van der Waals surface area contributed by atoms with Crippen LogP contribution >= 0.6 is 0 Å². The number of carbonyl (C=O) groups excluding carboxylic acids is 2. The van der Waals surface area contributed by atoms with Gasteiger partial charge in [0.2, 0.25) is 11.8 Å². The van der Waals surface area contributed by atoms with Gasteiger partial charge >= 0.3 is 0 Å². The van der Waals surface area contributed by atoms with Crippen LogP contribution in [0.2, 0.25) is 0 Å². The van der Waals surface area contributed by atoms with Crippen LogP contribution in [-0.4, -0.2) is 50.9 Å². The van der Waals surface area contributed by atoms with Crippen molar-refractivity contribution in [3.63, 3.8) is 0 Å². The Morgan fingerprint density at radius 3 is 2.17 bits per heavy atom. The molecule has 0 aromatic heterocycles. The predicted molar refractivity (Wildman–Crippen MR) is 160 cm³/mol. The van der Waals surface area contributed by atoms with E-state index in [1.807, 2.05) is 26.0 Å². The van der Waals surface area contributed by atoms with E-state index < -0.39 is 28.5 Å². The number of methoxy groups -OCH3 is 1. The maximum atomic E-state index is 14.1. The summed E-state index contributed by atoms with van der Waals surface area (Å²) in [4.78, 5) is 29.3. The average Bonchev–Trinajstić information content (AvgIpc) is 3.49. The monoisotopic (exact) mass is 577 g/mol. The zero-order chi connectivity index (χ0) is 29.4. The van der Waals surface area contributed by atoms with Crippen LogP contribution in [0.25, 0.3) is 0 Å². The van der Waals surface area contributed by atoms with Gasteiger partial charge in [-0.15, -0.1) is 0 Å². The van der Waals surface area contributed by atoms with Gasteiger partial charge in [0.05, 0.1) is 17.7 Å². The molecule has 0 bridgehead atoms. The van der Waals surface area contributed by atoms with E-state index in [0.717, 1.165) is 41.1 Å². The smallest absolute Gasteiger partial charge is 0.264 e. The standard InChI is InChI=1S/C32H39N3O5S/c1-4-30(32(37)33-26-10-8-9-11-26)34(22-25-16-18-28(40-3)19-17-25)31(36)23-35(27-12-6-5-7-13-27)41(38,39)29-20-14-24(2)15-21-29/h5-7,12-21,26,30H,4,8-11,22-23H2,1-3H3,(H,33,37)/t30-/m0/s1. The molecule has 41 heavy (non-hydrogen) atoms. The van der Waals surface area contributed by atoms with E-state index in [1.165, 1.54) is 4.90 Å². The summed E-state index contributed by atoms with van der Waals surface area (Å²) in [5, 5.41) is 3.13. The molecule has 1 fully saturated rings. The number of ether oxygens (including phenoxy) is 1. The van der Waals surface area contributed by atoms with Gasteiger partial charge in [-0.3, -0.25) is 13.9 Å². The molecule has 2 amide bonds. The van der Waals surface area contributed by atoms with E-state index in [1.54, 1.807) is 73.8 Å². The lowest BCUT2D eigenvalue weighted by Gasteiger charge is -2.33. The Morgan fingerprint density at radius 2 is 1.59 bits per heavy atom. The molecule has 3 aromatic carbocycles. The lowest BCUT2D eigenvalue weighted by Crippen LogP contribution is -2.53. The summed E-state index contributed by atoms with van der Waals surface area (Å²) < 4.78 is 34.2. The second-order valence-electron chi connectivity index (χ2n) is 10.4. The van der Waals surface area contributed by atoms with Gasteiger partial charge in [0.15, 0.2) is 0 Å². The van der Waals surface area contributed by atoms with Crippen LogP contribution in [0.15, 0.2) is 83.8 Å². The molecule has 1 aliphatic rings. The van der Waals surface area contributed by atoms with E-state index in [4.69, 9.17) is 4.74 Å². The molecule has 0 spiro atoms. The van der Waals surface area contributed by atoms with E-state index in [-0.39, 0.29) is 23.4 Å². The molecule has 4 rings (SSSR count). The molecule has 218 valence electrons. The van der Waals surface area contributed by atoms with Crippen LogP contribution in [0.3, 0.4) is 0 Å². The SMILES string of the molecule is CC[C@@H](C(=O)NC1CCCC1)N(Cc1ccc(OC)cc1)C(=O)CN(c1ccccc1)S(=O)(=O)c1ccc(C)cc1. The van der Waals surface area contributed by atoms with Gasteiger partial charge in [-0.2, -0.15) is 0 Å². The van der Waals surface area contributed by atoms with Crippen LogP contribution in [0.5, 0.6) is 5.75 Å². The number of rotatable bonds is 12. The minimum atomic E-state index is -4.08. The number of hydrogen-bond donors (Lipinski definition) is 1. The summed E-state index contributed by atoms with van der Waals surface area (Å²) in [6, 6.07) is 21.8. The number of anilines is 1. The van der Waals surface area contributed by atoms with E-state index >= 15 is 0 Å². The Hall–Kier alpha value is -3.85. The zero-order valence-electron chi connectivity index (χ0n) is 24.0. The van der Waals surface area contributed by atoms with Gasteiger partial charge in [-0.1, -0.05) is 67.8 Å². The molecule has 0 aliphatic heterocycles. The van der Waals surface area contributed by atoms with Gasteiger partial charge < -0.3 is 15.0 Å². The highest BCUT2D eigenvalue weighted by molar-refractivity contribution is 7.92. The van der Waals surface area contributed by atoms with Crippen molar-refractivity contribution in [2.24, 2.45) is 0 Å². The fourth-order valence-electron chi connectivity index (χ4n) is 5.18. The Balaban J connectivity index is 1.69. The summed E-state index contributed by atoms with van der Waals surface area (Å²) in [5.41, 5.74) is 2.10. The van der Waals surface area contributed by atoms with Crippen molar-refractivity contribution in [3.05, 3.63) is 90.0 Å². The second-order valence-corrected chi connectivity index (χ2v) is 12.3. The van der Waals surface area contributed by atoms with Gasteiger partial charge in [0.1, 0.15) is 18.3 Å². The number of amides is 2. The minimum absolute atomic E-state index is 0.0903. The van der Waals surface area contributed by atoms with Crippen molar-refractivity contribution in [3.8, 4) is 5.75 Å². The highest BCUT2D eigenvalue weighted by Gasteiger charge is 2.34. The number of benzene rings is 3. The molecule has 1 aliphatic carbocycles. The fraction of sp³-hybridized carbons (Fsp3) is 0.375. The van der Waals surface area contributed by atoms with Crippen LogP contribution in [0.4, 0.5) is 5.69 Å². The third kappa shape index (κ3) is 7.47. The van der Waals surface area contributed by atoms with Crippen molar-refractivity contribution < 1.29 is 22.7 Å². The molecule has 1 N–H and O–H groups in total. The lowest BCUT2D eigenvalue weighted by atomic mass is 10.1. The summed E-state index contributed by atoms with van der Waals surface area (Å²) in [7, 11) is -2.50. The second kappa shape index (κ2) is 13.7. The summed E-state index contributed by atoms with van der Waals surface area (Å²) >= 11 is 0. The fourth-order valence-corrected chi connectivity index (χ4v) is 6.59. The highest BCUT2D eigenvalue weighted by Crippen LogP contribution is 2.25. The first kappa shape index (κ1) is 30.1. The first-order chi connectivity index (χ1) is 19.7. The predicted octanol–water partition coefficient (Wildman–Crippen LogP) is 5.07. The Morgan fingerprint density at radius 1 is 0.951 bits per heavy atom. The topological polar surface area (TPSA) is 96.0 Å². The number of nitrogens with zero attached hydrogens (tertiary/aromatic N) is 2. The van der Waals surface area contributed by atoms with Gasteiger partial charge in [-0.25, -0.2) is 8.42 Å². The zero-order valence-corrected chi connectivity index (χ0v) is 24.8. The molecule has 1 atom stereocenters. The molecular weight excluding hydrogens is 538 g/mol. The first-order valence-corrected chi connectivity index (χ1v) is 15.5. The van der Waals surface area contributed by atoms with Gasteiger partial charge in [0, 0.05) is 12.6 Å². The van der Waals surface area contributed by atoms with E-state index in [2.05, 4.69) is 5.32 Å². The van der Waals surface area contributed by atoms with Crippen molar-refractivity contribution in [2.75, 3.05) is 18.0 Å². The number of nitrogens with one attached hydrogen (secondary N) is 1. The van der Waals surface area contributed by atoms with Crippen LogP contribution in [-0.2, 0) is 26.2 Å². The number of aryl methyl sites for hydroxylation is 1. The maximum absolute atomic E-state index is 14.1. The third-order valence-electron chi connectivity index (χ3n) is 7.53. The maximum Gasteiger partial charge on any atom is 0.264 e. The first-order valence-electron chi connectivity index (χ1n) is 14.1. The van der Waals surface area contributed by atoms with E-state index in [9.17, 15) is 18.0 Å². The quantitative estimate of drug-likeness (QED) is 0.325. The van der Waals surface area contributed by atoms with Gasteiger partial charge in [0.25, 0.3) is 10.0 Å². The normalized spacial score (nSPS) is 14.3. The molecule has 8 nitrogen and oxygen atoms in total. The molecule has 3 aromatic rings. The Kier molecular flexibility index (Phi) is 10.0. The van der Waals surface area contributed by atoms with E-state index in [0.29, 0.717) is 17.9 Å². The summed E-state index contributed by atoms with van der Waals surface area (Å²) in [6.07, 6.45) is 4.37. The number of hydrogen-bond acceptors (Lipinski definition) is 5. The summed E-state index contributed by atoms with van der Waals surface area (Å²) in [5.74, 6) is -0.000201. The van der Waals surface area contributed by atoms with Crippen molar-refractivity contribution in [2.45, 2.75) is 69.5 Å². The summed E-state index contributed by atoms with van der Waals surface area (Å²) in [6.45, 7) is 3.44.